The van der Waals surface area contributed by atoms with Crippen molar-refractivity contribution >= 4 is 10.1 Å². The summed E-state index contributed by atoms with van der Waals surface area (Å²) in [5, 5.41) is 0. The van der Waals surface area contributed by atoms with Crippen LogP contribution in [0.5, 0.6) is 0 Å². The summed E-state index contributed by atoms with van der Waals surface area (Å²) in [6, 6.07) is 0. The standard InChI is InChI=1S/C13H28O4S/c1-3-4-8-11-16-12-9-6-5-7-10-13-17-18(2,14)15/h3-13H2,1-2H3. The molecule has 0 aliphatic carbocycles. The Balaban J connectivity index is 3.03. The van der Waals surface area contributed by atoms with E-state index in [1.54, 1.807) is 0 Å². The Morgan fingerprint density at radius 3 is 1.83 bits per heavy atom. The lowest BCUT2D eigenvalue weighted by atomic mass is 10.1. The normalized spacial score (nSPS) is 11.9. The summed E-state index contributed by atoms with van der Waals surface area (Å²) in [6.45, 7) is 4.24. The summed E-state index contributed by atoms with van der Waals surface area (Å²) in [5.74, 6) is 0. The van der Waals surface area contributed by atoms with E-state index in [1.165, 1.54) is 19.3 Å². The Labute approximate surface area is 112 Å². The third-order valence-electron chi connectivity index (χ3n) is 2.62. The molecule has 0 aromatic carbocycles. The van der Waals surface area contributed by atoms with Crippen LogP contribution in [0.2, 0.25) is 0 Å². The van der Waals surface area contributed by atoms with E-state index in [9.17, 15) is 8.42 Å². The van der Waals surface area contributed by atoms with Crippen molar-refractivity contribution in [2.45, 2.75) is 58.3 Å². The number of hydrogen-bond acceptors (Lipinski definition) is 4. The summed E-state index contributed by atoms with van der Waals surface area (Å²) >= 11 is 0. The minimum Gasteiger partial charge on any atom is -0.381 e. The molecule has 0 aromatic heterocycles. The molecule has 0 amide bonds. The predicted molar refractivity (Wildman–Crippen MR) is 74.2 cm³/mol. The molecule has 0 aliphatic rings. The molecule has 0 heterocycles. The fourth-order valence-corrected chi connectivity index (χ4v) is 2.02. The van der Waals surface area contributed by atoms with Crippen molar-refractivity contribution in [1.29, 1.82) is 0 Å². The van der Waals surface area contributed by atoms with Crippen molar-refractivity contribution in [3.05, 3.63) is 0 Å². The SMILES string of the molecule is CCCCCOCCCCCCCOS(C)(=O)=O. The first-order valence-electron chi connectivity index (χ1n) is 6.98. The van der Waals surface area contributed by atoms with Gasteiger partial charge in [-0.1, -0.05) is 39.0 Å². The molecular weight excluding hydrogens is 252 g/mol. The average molecular weight is 280 g/mol. The van der Waals surface area contributed by atoms with Crippen molar-refractivity contribution in [3.63, 3.8) is 0 Å². The van der Waals surface area contributed by atoms with Gasteiger partial charge in [-0.3, -0.25) is 4.18 Å². The lowest BCUT2D eigenvalue weighted by molar-refractivity contribution is 0.126. The van der Waals surface area contributed by atoms with Crippen LogP contribution in [0.4, 0.5) is 0 Å². The maximum absolute atomic E-state index is 10.7. The molecule has 5 heteroatoms. The summed E-state index contributed by atoms with van der Waals surface area (Å²) in [4.78, 5) is 0. The summed E-state index contributed by atoms with van der Waals surface area (Å²) in [7, 11) is -3.26. The van der Waals surface area contributed by atoms with Crippen molar-refractivity contribution in [2.75, 3.05) is 26.1 Å². The molecule has 0 saturated heterocycles. The molecule has 0 aliphatic heterocycles. The molecule has 4 nitrogen and oxygen atoms in total. The number of ether oxygens (including phenoxy) is 1. The molecule has 0 unspecified atom stereocenters. The summed E-state index contributed by atoms with van der Waals surface area (Å²) in [5.41, 5.74) is 0. The van der Waals surface area contributed by atoms with Crippen molar-refractivity contribution in [3.8, 4) is 0 Å². The van der Waals surface area contributed by atoms with Gasteiger partial charge < -0.3 is 4.74 Å². The van der Waals surface area contributed by atoms with Crippen LogP contribution in [0.25, 0.3) is 0 Å². The summed E-state index contributed by atoms with van der Waals surface area (Å²) < 4.78 is 31.5. The van der Waals surface area contributed by atoms with Crippen LogP contribution in [0.3, 0.4) is 0 Å². The van der Waals surface area contributed by atoms with Gasteiger partial charge in [-0.25, -0.2) is 0 Å². The Morgan fingerprint density at radius 2 is 1.28 bits per heavy atom. The molecule has 0 atom stereocenters. The molecule has 0 fully saturated rings. The van der Waals surface area contributed by atoms with Gasteiger partial charge in [0.1, 0.15) is 0 Å². The second-order valence-electron chi connectivity index (χ2n) is 4.61. The topological polar surface area (TPSA) is 52.6 Å². The predicted octanol–water partition coefficient (Wildman–Crippen LogP) is 3.12. The van der Waals surface area contributed by atoms with E-state index in [0.717, 1.165) is 51.6 Å². The fraction of sp³-hybridized carbons (Fsp3) is 1.00. The highest BCUT2D eigenvalue weighted by Crippen LogP contribution is 2.04. The van der Waals surface area contributed by atoms with Crippen LogP contribution in [0, 0.1) is 0 Å². The quantitative estimate of drug-likeness (QED) is 0.384. The maximum Gasteiger partial charge on any atom is 0.264 e. The minimum absolute atomic E-state index is 0.312. The first kappa shape index (κ1) is 17.9. The van der Waals surface area contributed by atoms with Crippen LogP contribution in [-0.4, -0.2) is 34.5 Å². The zero-order valence-corrected chi connectivity index (χ0v) is 12.6. The fourth-order valence-electron chi connectivity index (χ4n) is 1.60. The largest absolute Gasteiger partial charge is 0.381 e. The van der Waals surface area contributed by atoms with Gasteiger partial charge in [-0.2, -0.15) is 8.42 Å². The van der Waals surface area contributed by atoms with E-state index in [0.29, 0.717) is 6.61 Å². The van der Waals surface area contributed by atoms with Crippen LogP contribution < -0.4 is 0 Å². The Hall–Kier alpha value is -0.130. The molecule has 0 N–H and O–H groups in total. The first-order valence-corrected chi connectivity index (χ1v) is 8.80. The van der Waals surface area contributed by atoms with Crippen LogP contribution in [0.1, 0.15) is 58.3 Å². The Morgan fingerprint density at radius 1 is 0.778 bits per heavy atom. The molecule has 0 aromatic rings. The molecule has 110 valence electrons. The van der Waals surface area contributed by atoms with E-state index in [1.807, 2.05) is 0 Å². The lowest BCUT2D eigenvalue weighted by Gasteiger charge is -2.04. The molecule has 0 bridgehead atoms. The zero-order chi connectivity index (χ0) is 13.7. The van der Waals surface area contributed by atoms with Gasteiger partial charge in [0.25, 0.3) is 10.1 Å². The highest BCUT2D eigenvalue weighted by Gasteiger charge is 2.00. The van der Waals surface area contributed by atoms with Crippen LogP contribution in [0.15, 0.2) is 0 Å². The zero-order valence-electron chi connectivity index (χ0n) is 11.8. The smallest absolute Gasteiger partial charge is 0.264 e. The lowest BCUT2D eigenvalue weighted by Crippen LogP contribution is -2.03. The second-order valence-corrected chi connectivity index (χ2v) is 6.26. The van der Waals surface area contributed by atoms with E-state index in [4.69, 9.17) is 4.74 Å². The highest BCUT2D eigenvalue weighted by atomic mass is 32.2. The highest BCUT2D eigenvalue weighted by molar-refractivity contribution is 7.85. The third-order valence-corrected chi connectivity index (χ3v) is 3.22. The Bertz CT molecular complexity index is 262. The van der Waals surface area contributed by atoms with Crippen LogP contribution in [-0.2, 0) is 19.0 Å². The van der Waals surface area contributed by atoms with E-state index in [-0.39, 0.29) is 0 Å². The number of rotatable bonds is 13. The Kier molecular flexibility index (Phi) is 11.8. The minimum atomic E-state index is -3.26. The average Bonchev–Trinajstić information content (AvgIpc) is 2.29. The monoisotopic (exact) mass is 280 g/mol. The number of hydrogen-bond donors (Lipinski definition) is 0. The molecule has 0 radical (unpaired) electrons. The van der Waals surface area contributed by atoms with Gasteiger partial charge in [0.15, 0.2) is 0 Å². The van der Waals surface area contributed by atoms with E-state index < -0.39 is 10.1 Å². The first-order chi connectivity index (χ1) is 8.56. The van der Waals surface area contributed by atoms with Gasteiger partial charge in [-0.15, -0.1) is 0 Å². The van der Waals surface area contributed by atoms with Crippen molar-refractivity contribution in [2.24, 2.45) is 0 Å². The second kappa shape index (κ2) is 11.9. The van der Waals surface area contributed by atoms with Gasteiger partial charge in [-0.05, 0) is 19.3 Å². The van der Waals surface area contributed by atoms with Crippen LogP contribution >= 0.6 is 0 Å². The third kappa shape index (κ3) is 15.9. The van der Waals surface area contributed by atoms with Crippen molar-refractivity contribution in [1.82, 2.24) is 0 Å². The van der Waals surface area contributed by atoms with E-state index in [2.05, 4.69) is 11.1 Å². The van der Waals surface area contributed by atoms with Gasteiger partial charge in [0.2, 0.25) is 0 Å². The van der Waals surface area contributed by atoms with Crippen molar-refractivity contribution < 1.29 is 17.3 Å². The molecule has 0 saturated carbocycles. The number of unbranched alkanes of at least 4 members (excludes halogenated alkanes) is 6. The molecular formula is C13H28O4S. The van der Waals surface area contributed by atoms with Gasteiger partial charge in [0, 0.05) is 13.2 Å². The van der Waals surface area contributed by atoms with Gasteiger partial charge in [0.05, 0.1) is 12.9 Å². The molecule has 0 rings (SSSR count). The van der Waals surface area contributed by atoms with E-state index >= 15 is 0 Å². The van der Waals surface area contributed by atoms with Gasteiger partial charge >= 0.3 is 0 Å². The maximum atomic E-state index is 10.7. The summed E-state index contributed by atoms with van der Waals surface area (Å²) in [6.07, 6.45) is 9.92. The molecule has 18 heavy (non-hydrogen) atoms. The molecule has 0 spiro atoms.